The zero-order valence-corrected chi connectivity index (χ0v) is 12.8. The second-order valence-corrected chi connectivity index (χ2v) is 5.44. The molecule has 1 aliphatic carbocycles. The predicted octanol–water partition coefficient (Wildman–Crippen LogP) is 3.19. The van der Waals surface area contributed by atoms with E-state index in [1.165, 1.54) is 25.5 Å². The molecule has 0 aromatic carbocycles. The predicted molar refractivity (Wildman–Crippen MR) is 81.3 cm³/mol. The van der Waals surface area contributed by atoms with Gasteiger partial charge in [0.1, 0.15) is 6.10 Å². The van der Waals surface area contributed by atoms with Crippen LogP contribution in [-0.4, -0.2) is 23.7 Å². The molecular weight excluding hydrogens is 268 g/mol. The van der Waals surface area contributed by atoms with Gasteiger partial charge in [-0.2, -0.15) is 0 Å². The summed E-state index contributed by atoms with van der Waals surface area (Å²) in [5.41, 5.74) is 6.43. The molecule has 5 heteroatoms. The van der Waals surface area contributed by atoms with Crippen LogP contribution in [0.25, 0.3) is 0 Å². The Morgan fingerprint density at radius 3 is 2.86 bits per heavy atom. The Bertz CT molecular complexity index is 490. The monoisotopic (exact) mass is 292 g/mol. The molecule has 0 saturated heterocycles. The second kappa shape index (κ2) is 7.29. The number of carbonyl (C=O) groups is 1. The number of nitrogens with zero attached hydrogens (tertiary/aromatic N) is 1. The third-order valence-corrected chi connectivity index (χ3v) is 4.04. The molecule has 2 atom stereocenters. The minimum atomic E-state index is -0.432. The number of carbonyl (C=O) groups excluding carboxylic acids is 1. The number of rotatable bonds is 5. The lowest BCUT2D eigenvalue weighted by molar-refractivity contribution is 0.0524. The van der Waals surface area contributed by atoms with E-state index in [2.05, 4.69) is 11.9 Å². The summed E-state index contributed by atoms with van der Waals surface area (Å²) in [4.78, 5) is 16.0. The maximum atomic E-state index is 11.8. The van der Waals surface area contributed by atoms with Gasteiger partial charge in [0, 0.05) is 6.07 Å². The van der Waals surface area contributed by atoms with Gasteiger partial charge in [0.25, 0.3) is 0 Å². The highest BCUT2D eigenvalue weighted by atomic mass is 16.5. The molecule has 0 aliphatic heterocycles. The van der Waals surface area contributed by atoms with Crippen LogP contribution < -0.4 is 10.5 Å². The number of nitrogen functional groups attached to an aromatic ring is 1. The van der Waals surface area contributed by atoms with Crippen molar-refractivity contribution in [1.29, 1.82) is 0 Å². The van der Waals surface area contributed by atoms with Gasteiger partial charge in [-0.1, -0.05) is 13.3 Å². The molecule has 0 radical (unpaired) electrons. The van der Waals surface area contributed by atoms with Crippen LogP contribution in [0.4, 0.5) is 5.69 Å². The fourth-order valence-electron chi connectivity index (χ4n) is 2.85. The third-order valence-electron chi connectivity index (χ3n) is 4.04. The molecule has 1 aromatic rings. The van der Waals surface area contributed by atoms with Crippen LogP contribution in [0.3, 0.4) is 0 Å². The molecule has 0 spiro atoms. The number of ether oxygens (including phenoxy) is 2. The van der Waals surface area contributed by atoms with Gasteiger partial charge in [-0.15, -0.1) is 0 Å². The molecule has 2 N–H and O–H groups in total. The number of anilines is 1. The number of hydrogen-bond acceptors (Lipinski definition) is 5. The summed E-state index contributed by atoms with van der Waals surface area (Å²) in [6.07, 6.45) is 7.42. The maximum absolute atomic E-state index is 11.8. The van der Waals surface area contributed by atoms with E-state index in [1.54, 1.807) is 13.0 Å². The van der Waals surface area contributed by atoms with Crippen LogP contribution in [0.5, 0.6) is 5.88 Å². The smallest absolute Gasteiger partial charge is 0.340 e. The summed E-state index contributed by atoms with van der Waals surface area (Å²) in [7, 11) is 0. The van der Waals surface area contributed by atoms with Crippen molar-refractivity contribution in [3.63, 3.8) is 0 Å². The maximum Gasteiger partial charge on any atom is 0.340 e. The summed E-state index contributed by atoms with van der Waals surface area (Å²) < 4.78 is 11.0. The van der Waals surface area contributed by atoms with Gasteiger partial charge in [-0.05, 0) is 38.5 Å². The van der Waals surface area contributed by atoms with Gasteiger partial charge in [0.05, 0.1) is 24.1 Å². The van der Waals surface area contributed by atoms with Crippen molar-refractivity contribution in [1.82, 2.24) is 4.98 Å². The molecular formula is C16H24N2O3. The SMILES string of the molecule is CCOC(=O)c1cc(OC2CCCCC2CC)ncc1N. The second-order valence-electron chi connectivity index (χ2n) is 5.44. The number of hydrogen-bond donors (Lipinski definition) is 1. The van der Waals surface area contributed by atoms with E-state index in [0.29, 0.717) is 29.7 Å². The Morgan fingerprint density at radius 2 is 2.14 bits per heavy atom. The van der Waals surface area contributed by atoms with Crippen LogP contribution in [0.1, 0.15) is 56.3 Å². The van der Waals surface area contributed by atoms with Gasteiger partial charge in [-0.3, -0.25) is 0 Å². The summed E-state index contributed by atoms with van der Waals surface area (Å²) in [6.45, 7) is 4.27. The summed E-state index contributed by atoms with van der Waals surface area (Å²) >= 11 is 0. The molecule has 5 nitrogen and oxygen atoms in total. The number of pyridine rings is 1. The van der Waals surface area contributed by atoms with Crippen LogP contribution >= 0.6 is 0 Å². The number of nitrogens with two attached hydrogens (primary N) is 1. The Labute approximate surface area is 125 Å². The lowest BCUT2D eigenvalue weighted by atomic mass is 9.85. The lowest BCUT2D eigenvalue weighted by Crippen LogP contribution is -2.30. The van der Waals surface area contributed by atoms with E-state index in [1.807, 2.05) is 0 Å². The van der Waals surface area contributed by atoms with E-state index >= 15 is 0 Å². The molecule has 116 valence electrons. The van der Waals surface area contributed by atoms with E-state index in [0.717, 1.165) is 12.8 Å². The molecule has 1 saturated carbocycles. The lowest BCUT2D eigenvalue weighted by Gasteiger charge is -2.30. The quantitative estimate of drug-likeness (QED) is 0.844. The van der Waals surface area contributed by atoms with E-state index in [9.17, 15) is 4.79 Å². The first kappa shape index (κ1) is 15.6. The average Bonchev–Trinajstić information content (AvgIpc) is 2.50. The van der Waals surface area contributed by atoms with E-state index < -0.39 is 5.97 Å². The molecule has 1 aromatic heterocycles. The highest BCUT2D eigenvalue weighted by Gasteiger charge is 2.26. The number of esters is 1. The van der Waals surface area contributed by atoms with Crippen LogP contribution in [0.15, 0.2) is 12.3 Å². The normalized spacial score (nSPS) is 21.8. The first-order chi connectivity index (χ1) is 10.2. The Balaban J connectivity index is 2.13. The summed E-state index contributed by atoms with van der Waals surface area (Å²) in [6, 6.07) is 1.59. The Kier molecular flexibility index (Phi) is 5.42. The average molecular weight is 292 g/mol. The molecule has 2 unspecified atom stereocenters. The van der Waals surface area contributed by atoms with Crippen molar-refractivity contribution in [2.75, 3.05) is 12.3 Å². The molecule has 1 fully saturated rings. The minimum absolute atomic E-state index is 0.176. The van der Waals surface area contributed by atoms with Crippen LogP contribution in [0, 0.1) is 5.92 Å². The molecule has 0 bridgehead atoms. The first-order valence-corrected chi connectivity index (χ1v) is 7.75. The Hall–Kier alpha value is -1.78. The van der Waals surface area contributed by atoms with Crippen molar-refractivity contribution in [2.24, 2.45) is 5.92 Å². The van der Waals surface area contributed by atoms with E-state index in [-0.39, 0.29) is 6.10 Å². The molecule has 2 rings (SSSR count). The molecule has 21 heavy (non-hydrogen) atoms. The minimum Gasteiger partial charge on any atom is -0.474 e. The molecule has 1 aliphatic rings. The van der Waals surface area contributed by atoms with Crippen molar-refractivity contribution >= 4 is 11.7 Å². The van der Waals surface area contributed by atoms with E-state index in [4.69, 9.17) is 15.2 Å². The van der Waals surface area contributed by atoms with Crippen molar-refractivity contribution < 1.29 is 14.3 Å². The van der Waals surface area contributed by atoms with Gasteiger partial charge >= 0.3 is 5.97 Å². The van der Waals surface area contributed by atoms with Crippen molar-refractivity contribution in [3.05, 3.63) is 17.8 Å². The Morgan fingerprint density at radius 1 is 1.38 bits per heavy atom. The van der Waals surface area contributed by atoms with Crippen LogP contribution in [-0.2, 0) is 4.74 Å². The van der Waals surface area contributed by atoms with Crippen molar-refractivity contribution in [2.45, 2.75) is 52.1 Å². The topological polar surface area (TPSA) is 74.4 Å². The van der Waals surface area contributed by atoms with Crippen molar-refractivity contribution in [3.8, 4) is 5.88 Å². The number of aromatic nitrogens is 1. The van der Waals surface area contributed by atoms with Crippen LogP contribution in [0.2, 0.25) is 0 Å². The van der Waals surface area contributed by atoms with Gasteiger partial charge < -0.3 is 15.2 Å². The highest BCUT2D eigenvalue weighted by Crippen LogP contribution is 2.30. The fourth-order valence-corrected chi connectivity index (χ4v) is 2.85. The summed E-state index contributed by atoms with van der Waals surface area (Å²) in [5.74, 6) is 0.583. The molecule has 1 heterocycles. The first-order valence-electron chi connectivity index (χ1n) is 7.75. The highest BCUT2D eigenvalue weighted by molar-refractivity contribution is 5.95. The zero-order valence-electron chi connectivity index (χ0n) is 12.8. The standard InChI is InChI=1S/C16H24N2O3/c1-3-11-7-5-6-8-14(11)21-15-9-12(13(17)10-18-15)16(19)20-4-2/h9-11,14H,3-8,17H2,1-2H3. The zero-order chi connectivity index (χ0) is 15.2. The fraction of sp³-hybridized carbons (Fsp3) is 0.625. The largest absolute Gasteiger partial charge is 0.474 e. The van der Waals surface area contributed by atoms with Gasteiger partial charge in [-0.25, -0.2) is 9.78 Å². The molecule has 0 amide bonds. The van der Waals surface area contributed by atoms with Gasteiger partial charge in [0.2, 0.25) is 5.88 Å². The summed E-state index contributed by atoms with van der Waals surface area (Å²) in [5, 5.41) is 0. The van der Waals surface area contributed by atoms with Gasteiger partial charge in [0.15, 0.2) is 0 Å². The third kappa shape index (κ3) is 3.86.